The Bertz CT molecular complexity index is 440. The summed E-state index contributed by atoms with van der Waals surface area (Å²) in [6, 6.07) is 6.88. The highest BCUT2D eigenvalue weighted by molar-refractivity contribution is 5.65. The third-order valence-corrected chi connectivity index (χ3v) is 4.49. The Hall–Kier alpha value is -1.02. The number of likely N-dealkylation sites (N-methyl/N-ethyl adjacent to an activating group) is 2. The number of nitrogens with zero attached hydrogens (tertiary/aromatic N) is 2. The molecule has 0 unspecified atom stereocenters. The summed E-state index contributed by atoms with van der Waals surface area (Å²) in [4.78, 5) is 4.93. The van der Waals surface area contributed by atoms with Crippen LogP contribution in [0.4, 0.5) is 5.69 Å². The summed E-state index contributed by atoms with van der Waals surface area (Å²) in [5.41, 5.74) is 4.67. The molecule has 86 valence electrons. The van der Waals surface area contributed by atoms with Crippen LogP contribution in [0.2, 0.25) is 0 Å². The summed E-state index contributed by atoms with van der Waals surface area (Å²) < 4.78 is 0. The van der Waals surface area contributed by atoms with E-state index < -0.39 is 0 Å². The molecule has 2 atom stereocenters. The minimum absolute atomic E-state index is 0.324. The molecule has 0 aliphatic carbocycles. The van der Waals surface area contributed by atoms with Crippen LogP contribution in [0.3, 0.4) is 0 Å². The summed E-state index contributed by atoms with van der Waals surface area (Å²) in [5, 5.41) is 0. The number of rotatable bonds is 0. The van der Waals surface area contributed by atoms with E-state index in [2.05, 4.69) is 55.9 Å². The summed E-state index contributed by atoms with van der Waals surface area (Å²) >= 11 is 0. The van der Waals surface area contributed by atoms with E-state index in [4.69, 9.17) is 0 Å². The summed E-state index contributed by atoms with van der Waals surface area (Å²) in [7, 11) is 4.47. The van der Waals surface area contributed by atoms with Crippen molar-refractivity contribution >= 4 is 5.69 Å². The van der Waals surface area contributed by atoms with E-state index in [-0.39, 0.29) is 0 Å². The van der Waals surface area contributed by atoms with Crippen LogP contribution in [0, 0.1) is 6.92 Å². The molecule has 2 aliphatic rings. The molecule has 16 heavy (non-hydrogen) atoms. The number of aryl methyl sites for hydroxylation is 1. The SMILES string of the molecule is Cc1ccc2c(c1)[C@@]1(C)CCN(C)[C@H]1N2C. The van der Waals surface area contributed by atoms with Gasteiger partial charge in [-0.2, -0.15) is 0 Å². The lowest BCUT2D eigenvalue weighted by molar-refractivity contribution is 0.268. The Morgan fingerprint density at radius 1 is 1.31 bits per heavy atom. The van der Waals surface area contributed by atoms with Crippen LogP contribution in [0.15, 0.2) is 18.2 Å². The molecule has 0 N–H and O–H groups in total. The minimum Gasteiger partial charge on any atom is -0.358 e. The largest absolute Gasteiger partial charge is 0.358 e. The van der Waals surface area contributed by atoms with Gasteiger partial charge in [0.15, 0.2) is 0 Å². The first-order valence-corrected chi connectivity index (χ1v) is 6.08. The van der Waals surface area contributed by atoms with Gasteiger partial charge < -0.3 is 4.90 Å². The lowest BCUT2D eigenvalue weighted by atomic mass is 9.81. The first kappa shape index (κ1) is 10.2. The van der Waals surface area contributed by atoms with Crippen LogP contribution in [0.25, 0.3) is 0 Å². The molecule has 1 fully saturated rings. The highest BCUT2D eigenvalue weighted by atomic mass is 15.4. The van der Waals surface area contributed by atoms with Crippen molar-refractivity contribution in [2.24, 2.45) is 0 Å². The number of fused-ring (bicyclic) bond motifs is 3. The fourth-order valence-corrected chi connectivity index (χ4v) is 3.69. The van der Waals surface area contributed by atoms with Gasteiger partial charge in [0.25, 0.3) is 0 Å². The Kier molecular flexibility index (Phi) is 1.91. The van der Waals surface area contributed by atoms with Gasteiger partial charge in [0, 0.05) is 24.7 Å². The first-order chi connectivity index (χ1) is 7.54. The second-order valence-corrected chi connectivity index (χ2v) is 5.65. The maximum Gasteiger partial charge on any atom is 0.0911 e. The van der Waals surface area contributed by atoms with Gasteiger partial charge in [-0.3, -0.25) is 4.90 Å². The van der Waals surface area contributed by atoms with E-state index >= 15 is 0 Å². The van der Waals surface area contributed by atoms with Crippen molar-refractivity contribution in [3.05, 3.63) is 29.3 Å². The summed E-state index contributed by atoms with van der Waals surface area (Å²) in [6.07, 6.45) is 1.82. The van der Waals surface area contributed by atoms with Crippen LogP contribution in [-0.4, -0.2) is 31.7 Å². The molecule has 3 rings (SSSR count). The number of hydrogen-bond acceptors (Lipinski definition) is 2. The van der Waals surface area contributed by atoms with Gasteiger partial charge in [-0.15, -0.1) is 0 Å². The number of benzene rings is 1. The summed E-state index contributed by atoms with van der Waals surface area (Å²) in [6.45, 7) is 5.82. The highest BCUT2D eigenvalue weighted by Gasteiger charge is 2.51. The minimum atomic E-state index is 0.324. The molecular weight excluding hydrogens is 196 g/mol. The Labute approximate surface area is 97.9 Å². The van der Waals surface area contributed by atoms with E-state index in [0.717, 1.165) is 0 Å². The zero-order valence-electron chi connectivity index (χ0n) is 10.6. The molecule has 2 aliphatic heterocycles. The maximum atomic E-state index is 2.48. The lowest BCUT2D eigenvalue weighted by Crippen LogP contribution is -2.45. The van der Waals surface area contributed by atoms with E-state index in [1.54, 1.807) is 5.56 Å². The highest BCUT2D eigenvalue weighted by Crippen LogP contribution is 2.50. The van der Waals surface area contributed by atoms with Crippen molar-refractivity contribution in [1.82, 2.24) is 4.90 Å². The van der Waals surface area contributed by atoms with E-state index in [9.17, 15) is 0 Å². The van der Waals surface area contributed by atoms with Gasteiger partial charge in [0.05, 0.1) is 6.17 Å². The zero-order chi connectivity index (χ0) is 11.5. The third kappa shape index (κ3) is 1.06. The van der Waals surface area contributed by atoms with Gasteiger partial charge >= 0.3 is 0 Å². The Balaban J connectivity index is 2.20. The van der Waals surface area contributed by atoms with Gasteiger partial charge in [0.1, 0.15) is 0 Å². The molecule has 0 radical (unpaired) electrons. The predicted octanol–water partition coefficient (Wildman–Crippen LogP) is 2.36. The van der Waals surface area contributed by atoms with Crippen molar-refractivity contribution in [2.45, 2.75) is 31.8 Å². The second kappa shape index (κ2) is 3.01. The first-order valence-electron chi connectivity index (χ1n) is 6.08. The van der Waals surface area contributed by atoms with Gasteiger partial charge in [-0.05, 0) is 32.0 Å². The molecule has 1 saturated heterocycles. The van der Waals surface area contributed by atoms with Crippen molar-refractivity contribution < 1.29 is 0 Å². The monoisotopic (exact) mass is 216 g/mol. The van der Waals surface area contributed by atoms with Gasteiger partial charge in [-0.1, -0.05) is 24.6 Å². The normalized spacial score (nSPS) is 33.0. The smallest absolute Gasteiger partial charge is 0.0911 e. The summed E-state index contributed by atoms with van der Waals surface area (Å²) in [5.74, 6) is 0. The topological polar surface area (TPSA) is 6.48 Å². The standard InChI is InChI=1S/C14H20N2/c1-10-5-6-12-11(9-10)14(2)7-8-15(3)13(14)16(12)4/h5-6,9,13H,7-8H2,1-4H3/t13-,14+/m0/s1. The van der Waals surface area contributed by atoms with E-state index in [1.165, 1.54) is 24.2 Å². The van der Waals surface area contributed by atoms with Crippen LogP contribution in [-0.2, 0) is 5.41 Å². The average Bonchev–Trinajstić information content (AvgIpc) is 2.65. The van der Waals surface area contributed by atoms with Crippen molar-refractivity contribution in [3.8, 4) is 0 Å². The fraction of sp³-hybridized carbons (Fsp3) is 0.571. The zero-order valence-corrected chi connectivity index (χ0v) is 10.6. The number of anilines is 1. The van der Waals surface area contributed by atoms with E-state index in [1.807, 2.05) is 0 Å². The molecule has 2 nitrogen and oxygen atoms in total. The maximum absolute atomic E-state index is 2.48. The van der Waals surface area contributed by atoms with Crippen LogP contribution >= 0.6 is 0 Å². The van der Waals surface area contributed by atoms with Gasteiger partial charge in [-0.25, -0.2) is 0 Å². The van der Waals surface area contributed by atoms with Crippen LogP contribution in [0.1, 0.15) is 24.5 Å². The Morgan fingerprint density at radius 3 is 2.81 bits per heavy atom. The van der Waals surface area contributed by atoms with Crippen LogP contribution < -0.4 is 4.90 Å². The van der Waals surface area contributed by atoms with Crippen molar-refractivity contribution in [3.63, 3.8) is 0 Å². The van der Waals surface area contributed by atoms with E-state index in [0.29, 0.717) is 11.6 Å². The lowest BCUT2D eigenvalue weighted by Gasteiger charge is -2.32. The molecule has 1 aromatic carbocycles. The second-order valence-electron chi connectivity index (χ2n) is 5.65. The molecule has 2 heteroatoms. The molecule has 0 amide bonds. The number of likely N-dealkylation sites (tertiary alicyclic amines) is 1. The predicted molar refractivity (Wildman–Crippen MR) is 68.0 cm³/mol. The van der Waals surface area contributed by atoms with Crippen LogP contribution in [0.5, 0.6) is 0 Å². The van der Waals surface area contributed by atoms with Crippen molar-refractivity contribution in [1.29, 1.82) is 0 Å². The molecule has 1 aromatic rings. The van der Waals surface area contributed by atoms with Gasteiger partial charge in [0.2, 0.25) is 0 Å². The number of hydrogen-bond donors (Lipinski definition) is 0. The molecule has 2 heterocycles. The fourth-order valence-electron chi connectivity index (χ4n) is 3.69. The molecular formula is C14H20N2. The Morgan fingerprint density at radius 2 is 2.06 bits per heavy atom. The molecule has 0 saturated carbocycles. The van der Waals surface area contributed by atoms with Crippen molar-refractivity contribution in [2.75, 3.05) is 25.5 Å². The average molecular weight is 216 g/mol. The molecule has 0 spiro atoms. The molecule has 0 aromatic heterocycles. The third-order valence-electron chi connectivity index (χ3n) is 4.49. The quantitative estimate of drug-likeness (QED) is 0.657. The molecule has 0 bridgehead atoms.